The summed E-state index contributed by atoms with van der Waals surface area (Å²) in [6, 6.07) is 19.8. The second-order valence-electron chi connectivity index (χ2n) is 9.08. The summed E-state index contributed by atoms with van der Waals surface area (Å²) >= 11 is 0. The molecule has 3 rings (SSSR count). The van der Waals surface area contributed by atoms with Crippen molar-refractivity contribution in [1.29, 1.82) is 0 Å². The molecule has 0 bridgehead atoms. The van der Waals surface area contributed by atoms with Crippen molar-refractivity contribution in [2.75, 3.05) is 52.9 Å². The van der Waals surface area contributed by atoms with Gasteiger partial charge < -0.3 is 33.2 Å². The molecule has 3 aromatic carbocycles. The van der Waals surface area contributed by atoms with Crippen LogP contribution in [0.3, 0.4) is 0 Å². The molecule has 0 amide bonds. The monoisotopic (exact) mass is 604 g/mol. The maximum atomic E-state index is 12.7. The lowest BCUT2D eigenvalue weighted by Gasteiger charge is -2.11. The third-order valence-electron chi connectivity index (χ3n) is 5.93. The van der Waals surface area contributed by atoms with Gasteiger partial charge in [0.25, 0.3) is 0 Å². The largest absolute Gasteiger partial charge is 0.491 e. The maximum absolute atomic E-state index is 12.7. The standard InChI is InChI=1S/C34H36O10/c1-4-32(35)42-21-19-39-17-16-38-18-20-40-30-13-8-27(9-14-30)34(37)44-31-15-10-28(24-25(31)3)26-6-11-29(12-7-26)41-22-23-43-33(36)5-2/h4-15,24H,1-2,16-23H2,3H3. The summed E-state index contributed by atoms with van der Waals surface area (Å²) in [7, 11) is 0. The van der Waals surface area contributed by atoms with E-state index in [-0.39, 0.29) is 26.4 Å². The van der Waals surface area contributed by atoms with Crippen molar-refractivity contribution in [3.63, 3.8) is 0 Å². The first-order valence-electron chi connectivity index (χ1n) is 13.9. The Bertz CT molecular complexity index is 1380. The molecule has 0 fully saturated rings. The van der Waals surface area contributed by atoms with E-state index in [1.807, 2.05) is 43.3 Å². The number of carbonyl (C=O) groups excluding carboxylic acids is 3. The molecule has 0 spiro atoms. The van der Waals surface area contributed by atoms with Crippen LogP contribution in [0.25, 0.3) is 11.1 Å². The van der Waals surface area contributed by atoms with Crippen molar-refractivity contribution in [2.24, 2.45) is 0 Å². The predicted molar refractivity (Wildman–Crippen MR) is 163 cm³/mol. The van der Waals surface area contributed by atoms with Crippen molar-refractivity contribution in [3.05, 3.63) is 103 Å². The molecule has 3 aromatic rings. The van der Waals surface area contributed by atoms with Crippen molar-refractivity contribution in [2.45, 2.75) is 6.92 Å². The number of hydrogen-bond donors (Lipinski definition) is 0. The predicted octanol–water partition coefficient (Wildman–Crippen LogP) is 5.13. The molecule has 0 aliphatic rings. The van der Waals surface area contributed by atoms with Gasteiger partial charge in [-0.2, -0.15) is 0 Å². The van der Waals surface area contributed by atoms with Gasteiger partial charge in [-0.15, -0.1) is 0 Å². The van der Waals surface area contributed by atoms with Gasteiger partial charge in [0, 0.05) is 12.2 Å². The zero-order valence-electron chi connectivity index (χ0n) is 24.7. The molecule has 0 heterocycles. The van der Waals surface area contributed by atoms with E-state index in [4.69, 9.17) is 33.2 Å². The van der Waals surface area contributed by atoms with Crippen LogP contribution in [0.1, 0.15) is 15.9 Å². The number of ether oxygens (including phenoxy) is 7. The van der Waals surface area contributed by atoms with Crippen LogP contribution in [-0.2, 0) is 28.5 Å². The van der Waals surface area contributed by atoms with Crippen LogP contribution in [-0.4, -0.2) is 70.8 Å². The Morgan fingerprint density at radius 2 is 1.09 bits per heavy atom. The van der Waals surface area contributed by atoms with E-state index in [0.717, 1.165) is 28.8 Å². The maximum Gasteiger partial charge on any atom is 0.343 e. The molecule has 0 N–H and O–H groups in total. The average Bonchev–Trinajstić information content (AvgIpc) is 3.05. The number of rotatable bonds is 19. The normalized spacial score (nSPS) is 10.4. The van der Waals surface area contributed by atoms with Crippen molar-refractivity contribution in [3.8, 4) is 28.4 Å². The third kappa shape index (κ3) is 11.7. The fraction of sp³-hybridized carbons (Fsp3) is 0.265. The highest BCUT2D eigenvalue weighted by molar-refractivity contribution is 5.91. The first-order chi connectivity index (χ1) is 21.4. The van der Waals surface area contributed by atoms with E-state index in [2.05, 4.69) is 13.2 Å². The molecule has 0 aromatic heterocycles. The van der Waals surface area contributed by atoms with Crippen LogP contribution in [0.2, 0.25) is 0 Å². The van der Waals surface area contributed by atoms with E-state index in [1.165, 1.54) is 0 Å². The molecule has 0 aliphatic carbocycles. The first kappa shape index (κ1) is 33.6. The minimum absolute atomic E-state index is 0.137. The summed E-state index contributed by atoms with van der Waals surface area (Å²) < 4.78 is 37.3. The zero-order chi connectivity index (χ0) is 31.6. The highest BCUT2D eigenvalue weighted by atomic mass is 16.6. The Labute approximate surface area is 256 Å². The Morgan fingerprint density at radius 3 is 1.66 bits per heavy atom. The SMILES string of the molecule is C=CC(=O)OCCOCCOCCOc1ccc(C(=O)Oc2ccc(-c3ccc(OCCOC(=O)C=C)cc3)cc2C)cc1. The summed E-state index contributed by atoms with van der Waals surface area (Å²) in [5, 5.41) is 0. The van der Waals surface area contributed by atoms with Crippen molar-refractivity contribution >= 4 is 17.9 Å². The van der Waals surface area contributed by atoms with E-state index >= 15 is 0 Å². The summed E-state index contributed by atoms with van der Waals surface area (Å²) in [5.74, 6) is 0.266. The number of esters is 3. The van der Waals surface area contributed by atoms with E-state index in [1.54, 1.807) is 30.3 Å². The number of benzene rings is 3. The van der Waals surface area contributed by atoms with Gasteiger partial charge in [-0.1, -0.05) is 31.4 Å². The quantitative estimate of drug-likeness (QED) is 0.0789. The Hall–Kier alpha value is -4.93. The second-order valence-corrected chi connectivity index (χ2v) is 9.08. The summed E-state index contributed by atoms with van der Waals surface area (Å²) in [5.41, 5.74) is 3.12. The topological polar surface area (TPSA) is 116 Å². The Kier molecular flexibility index (Phi) is 14.2. The molecule has 0 saturated carbocycles. The van der Waals surface area contributed by atoms with Gasteiger partial charge in [0.2, 0.25) is 0 Å². The highest BCUT2D eigenvalue weighted by Crippen LogP contribution is 2.28. The van der Waals surface area contributed by atoms with Crippen LogP contribution in [0, 0.1) is 6.92 Å². The average molecular weight is 605 g/mol. The molecule has 0 saturated heterocycles. The van der Waals surface area contributed by atoms with Gasteiger partial charge in [-0.05, 0) is 72.1 Å². The lowest BCUT2D eigenvalue weighted by atomic mass is 10.0. The molecule has 232 valence electrons. The van der Waals surface area contributed by atoms with Gasteiger partial charge in [0.1, 0.15) is 43.7 Å². The van der Waals surface area contributed by atoms with Crippen LogP contribution in [0.15, 0.2) is 92.0 Å². The molecule has 0 radical (unpaired) electrons. The lowest BCUT2D eigenvalue weighted by molar-refractivity contribution is -0.139. The third-order valence-corrected chi connectivity index (χ3v) is 5.93. The van der Waals surface area contributed by atoms with Crippen molar-refractivity contribution < 1.29 is 47.5 Å². The fourth-order valence-electron chi connectivity index (χ4n) is 3.69. The lowest BCUT2D eigenvalue weighted by Crippen LogP contribution is -2.13. The molecule has 10 nitrogen and oxygen atoms in total. The molecular formula is C34H36O10. The first-order valence-corrected chi connectivity index (χ1v) is 13.9. The number of hydrogen-bond acceptors (Lipinski definition) is 10. The summed E-state index contributed by atoms with van der Waals surface area (Å²) in [4.78, 5) is 34.7. The Morgan fingerprint density at radius 1 is 0.614 bits per heavy atom. The Balaban J connectivity index is 1.38. The zero-order valence-corrected chi connectivity index (χ0v) is 24.7. The van der Waals surface area contributed by atoms with Gasteiger partial charge in [0.05, 0.1) is 32.0 Å². The van der Waals surface area contributed by atoms with E-state index in [0.29, 0.717) is 49.2 Å². The fourth-order valence-corrected chi connectivity index (χ4v) is 3.69. The highest BCUT2D eigenvalue weighted by Gasteiger charge is 2.12. The minimum Gasteiger partial charge on any atom is -0.491 e. The number of aryl methyl sites for hydroxylation is 1. The molecule has 0 atom stereocenters. The van der Waals surface area contributed by atoms with Gasteiger partial charge in [-0.3, -0.25) is 0 Å². The van der Waals surface area contributed by atoms with Gasteiger partial charge in [-0.25, -0.2) is 14.4 Å². The molecule has 10 heteroatoms. The smallest absolute Gasteiger partial charge is 0.343 e. The molecule has 0 aliphatic heterocycles. The van der Waals surface area contributed by atoms with Crippen LogP contribution in [0.4, 0.5) is 0 Å². The molecular weight excluding hydrogens is 568 g/mol. The summed E-state index contributed by atoms with van der Waals surface area (Å²) in [6.45, 7) is 10.8. The summed E-state index contributed by atoms with van der Waals surface area (Å²) in [6.07, 6.45) is 2.21. The number of carbonyl (C=O) groups is 3. The van der Waals surface area contributed by atoms with E-state index < -0.39 is 17.9 Å². The second kappa shape index (κ2) is 18.6. The minimum atomic E-state index is -0.488. The van der Waals surface area contributed by atoms with Gasteiger partial charge >= 0.3 is 17.9 Å². The molecule has 44 heavy (non-hydrogen) atoms. The van der Waals surface area contributed by atoms with Crippen LogP contribution < -0.4 is 14.2 Å². The van der Waals surface area contributed by atoms with Crippen LogP contribution >= 0.6 is 0 Å². The van der Waals surface area contributed by atoms with Crippen molar-refractivity contribution in [1.82, 2.24) is 0 Å². The molecule has 0 unspecified atom stereocenters. The van der Waals surface area contributed by atoms with Crippen LogP contribution in [0.5, 0.6) is 17.2 Å². The van der Waals surface area contributed by atoms with Gasteiger partial charge in [0.15, 0.2) is 0 Å². The van der Waals surface area contributed by atoms with E-state index in [9.17, 15) is 14.4 Å².